The van der Waals surface area contributed by atoms with Gasteiger partial charge in [0, 0.05) is 24.6 Å². The SMILES string of the molecule is Cc1cc(N(C)CC2CCC2)ccc1CBr. The largest absolute Gasteiger partial charge is 0.374 e. The van der Waals surface area contributed by atoms with Gasteiger partial charge < -0.3 is 4.90 Å². The summed E-state index contributed by atoms with van der Waals surface area (Å²) in [7, 11) is 2.21. The van der Waals surface area contributed by atoms with Gasteiger partial charge in [0.1, 0.15) is 0 Å². The van der Waals surface area contributed by atoms with Crippen LogP contribution >= 0.6 is 15.9 Å². The molecule has 16 heavy (non-hydrogen) atoms. The van der Waals surface area contributed by atoms with Crippen LogP contribution in [0.4, 0.5) is 5.69 Å². The van der Waals surface area contributed by atoms with E-state index in [4.69, 9.17) is 0 Å². The Balaban J connectivity index is 2.04. The Hall–Kier alpha value is -0.500. The van der Waals surface area contributed by atoms with Crippen molar-refractivity contribution in [1.82, 2.24) is 0 Å². The Labute approximate surface area is 107 Å². The van der Waals surface area contributed by atoms with Crippen LogP contribution in [-0.4, -0.2) is 13.6 Å². The third kappa shape index (κ3) is 2.60. The van der Waals surface area contributed by atoms with Gasteiger partial charge >= 0.3 is 0 Å². The normalized spacial score (nSPS) is 15.9. The average Bonchev–Trinajstić information content (AvgIpc) is 2.23. The topological polar surface area (TPSA) is 3.24 Å². The molecule has 88 valence electrons. The minimum Gasteiger partial charge on any atom is -0.374 e. The van der Waals surface area contributed by atoms with E-state index >= 15 is 0 Å². The molecular formula is C14H20BrN. The summed E-state index contributed by atoms with van der Waals surface area (Å²) in [6.45, 7) is 3.41. The molecule has 1 aromatic rings. The lowest BCUT2D eigenvalue weighted by molar-refractivity contribution is 0.321. The van der Waals surface area contributed by atoms with Crippen LogP contribution in [0.3, 0.4) is 0 Å². The van der Waals surface area contributed by atoms with Gasteiger partial charge in [0.15, 0.2) is 0 Å². The van der Waals surface area contributed by atoms with E-state index in [1.165, 1.54) is 42.6 Å². The average molecular weight is 282 g/mol. The van der Waals surface area contributed by atoms with Crippen molar-refractivity contribution in [3.8, 4) is 0 Å². The molecule has 0 spiro atoms. The molecule has 0 bridgehead atoms. The van der Waals surface area contributed by atoms with E-state index in [9.17, 15) is 0 Å². The third-order valence-electron chi connectivity index (χ3n) is 3.67. The maximum absolute atomic E-state index is 3.52. The van der Waals surface area contributed by atoms with Gasteiger partial charge in [-0.15, -0.1) is 0 Å². The highest BCUT2D eigenvalue weighted by Crippen LogP contribution is 2.29. The summed E-state index contributed by atoms with van der Waals surface area (Å²) in [5, 5.41) is 0.950. The first-order valence-corrected chi connectivity index (χ1v) is 7.19. The molecule has 0 radical (unpaired) electrons. The van der Waals surface area contributed by atoms with Crippen LogP contribution in [0.1, 0.15) is 30.4 Å². The lowest BCUT2D eigenvalue weighted by Crippen LogP contribution is -2.29. The first kappa shape index (κ1) is 12.0. The van der Waals surface area contributed by atoms with E-state index in [2.05, 4.69) is 53.0 Å². The van der Waals surface area contributed by atoms with E-state index in [-0.39, 0.29) is 0 Å². The second kappa shape index (κ2) is 5.22. The van der Waals surface area contributed by atoms with Crippen molar-refractivity contribution < 1.29 is 0 Å². The molecule has 1 nitrogen and oxygen atoms in total. The first-order valence-electron chi connectivity index (χ1n) is 6.07. The quantitative estimate of drug-likeness (QED) is 0.751. The Morgan fingerprint density at radius 2 is 2.12 bits per heavy atom. The zero-order valence-electron chi connectivity index (χ0n) is 10.2. The fourth-order valence-electron chi connectivity index (χ4n) is 2.24. The maximum Gasteiger partial charge on any atom is 0.0366 e. The Morgan fingerprint density at radius 1 is 1.38 bits per heavy atom. The molecule has 1 aromatic carbocycles. The van der Waals surface area contributed by atoms with Gasteiger partial charge in [-0.1, -0.05) is 28.4 Å². The summed E-state index contributed by atoms with van der Waals surface area (Å²) in [6, 6.07) is 6.77. The predicted molar refractivity (Wildman–Crippen MR) is 74.4 cm³/mol. The van der Waals surface area contributed by atoms with Crippen LogP contribution in [0.2, 0.25) is 0 Å². The van der Waals surface area contributed by atoms with Crippen molar-refractivity contribution in [3.05, 3.63) is 29.3 Å². The van der Waals surface area contributed by atoms with Crippen molar-refractivity contribution >= 4 is 21.6 Å². The molecule has 0 aromatic heterocycles. The predicted octanol–water partition coefficient (Wildman–Crippen LogP) is 4.13. The third-order valence-corrected chi connectivity index (χ3v) is 4.27. The second-order valence-corrected chi connectivity index (χ2v) is 5.48. The summed E-state index contributed by atoms with van der Waals surface area (Å²) >= 11 is 3.52. The molecule has 0 atom stereocenters. The summed E-state index contributed by atoms with van der Waals surface area (Å²) in [5.41, 5.74) is 4.13. The van der Waals surface area contributed by atoms with Crippen molar-refractivity contribution in [1.29, 1.82) is 0 Å². The van der Waals surface area contributed by atoms with E-state index in [0.717, 1.165) is 11.2 Å². The molecule has 1 saturated carbocycles. The standard InChI is InChI=1S/C14H20BrN/c1-11-8-14(7-6-13(11)9-15)16(2)10-12-4-3-5-12/h6-8,12H,3-5,9-10H2,1-2H3. The summed E-state index contributed by atoms with van der Waals surface area (Å²) < 4.78 is 0. The first-order chi connectivity index (χ1) is 7.70. The summed E-state index contributed by atoms with van der Waals surface area (Å²) in [4.78, 5) is 2.40. The summed E-state index contributed by atoms with van der Waals surface area (Å²) in [5.74, 6) is 0.932. The summed E-state index contributed by atoms with van der Waals surface area (Å²) in [6.07, 6.45) is 4.27. The fourth-order valence-corrected chi connectivity index (χ4v) is 2.86. The molecular weight excluding hydrogens is 262 g/mol. The van der Waals surface area contributed by atoms with Crippen molar-refractivity contribution in [3.63, 3.8) is 0 Å². The van der Waals surface area contributed by atoms with Gasteiger partial charge in [-0.25, -0.2) is 0 Å². The number of anilines is 1. The molecule has 1 fully saturated rings. The number of hydrogen-bond donors (Lipinski definition) is 0. The van der Waals surface area contributed by atoms with E-state index in [0.29, 0.717) is 0 Å². The highest BCUT2D eigenvalue weighted by atomic mass is 79.9. The Kier molecular flexibility index (Phi) is 3.91. The number of benzene rings is 1. The zero-order valence-corrected chi connectivity index (χ0v) is 11.8. The zero-order chi connectivity index (χ0) is 11.5. The van der Waals surface area contributed by atoms with E-state index < -0.39 is 0 Å². The number of nitrogens with zero attached hydrogens (tertiary/aromatic N) is 1. The molecule has 0 saturated heterocycles. The van der Waals surface area contributed by atoms with E-state index in [1.807, 2.05) is 0 Å². The van der Waals surface area contributed by atoms with Gasteiger partial charge in [-0.2, -0.15) is 0 Å². The second-order valence-electron chi connectivity index (χ2n) is 4.92. The van der Waals surface area contributed by atoms with Crippen molar-refractivity contribution in [2.75, 3.05) is 18.5 Å². The molecule has 0 heterocycles. The Bertz CT molecular complexity index is 358. The molecule has 2 rings (SSSR count). The van der Waals surface area contributed by atoms with Crippen LogP contribution in [0.25, 0.3) is 0 Å². The molecule has 0 unspecified atom stereocenters. The Morgan fingerprint density at radius 3 is 2.62 bits per heavy atom. The van der Waals surface area contributed by atoms with E-state index in [1.54, 1.807) is 0 Å². The van der Waals surface area contributed by atoms with Gasteiger partial charge in [-0.3, -0.25) is 0 Å². The number of aryl methyl sites for hydroxylation is 1. The fraction of sp³-hybridized carbons (Fsp3) is 0.571. The number of halogens is 1. The molecule has 1 aliphatic carbocycles. The van der Waals surface area contributed by atoms with Crippen LogP contribution < -0.4 is 4.90 Å². The van der Waals surface area contributed by atoms with Gasteiger partial charge in [-0.05, 0) is 48.9 Å². The van der Waals surface area contributed by atoms with Crippen LogP contribution in [-0.2, 0) is 5.33 Å². The molecule has 1 aliphatic rings. The highest BCUT2D eigenvalue weighted by molar-refractivity contribution is 9.08. The van der Waals surface area contributed by atoms with Crippen LogP contribution in [0.5, 0.6) is 0 Å². The lowest BCUT2D eigenvalue weighted by Gasteiger charge is -2.31. The molecule has 2 heteroatoms. The van der Waals surface area contributed by atoms with Crippen LogP contribution in [0, 0.1) is 12.8 Å². The number of hydrogen-bond acceptors (Lipinski definition) is 1. The van der Waals surface area contributed by atoms with Gasteiger partial charge in [0.05, 0.1) is 0 Å². The van der Waals surface area contributed by atoms with Gasteiger partial charge in [0.2, 0.25) is 0 Å². The monoisotopic (exact) mass is 281 g/mol. The van der Waals surface area contributed by atoms with Crippen molar-refractivity contribution in [2.45, 2.75) is 31.5 Å². The molecule has 0 N–H and O–H groups in total. The minimum atomic E-state index is 0.932. The molecule has 0 amide bonds. The van der Waals surface area contributed by atoms with Gasteiger partial charge in [0.25, 0.3) is 0 Å². The minimum absolute atomic E-state index is 0.932. The van der Waals surface area contributed by atoms with Crippen molar-refractivity contribution in [2.24, 2.45) is 5.92 Å². The maximum atomic E-state index is 3.52. The number of rotatable bonds is 4. The highest BCUT2D eigenvalue weighted by Gasteiger charge is 2.19. The van der Waals surface area contributed by atoms with Crippen LogP contribution in [0.15, 0.2) is 18.2 Å². The lowest BCUT2D eigenvalue weighted by atomic mass is 9.85. The smallest absolute Gasteiger partial charge is 0.0366 e. The number of alkyl halides is 1. The molecule has 0 aliphatic heterocycles.